The second-order valence-corrected chi connectivity index (χ2v) is 5.01. The van der Waals surface area contributed by atoms with E-state index in [-0.39, 0.29) is 6.61 Å². The molecule has 1 aliphatic carbocycles. The van der Waals surface area contributed by atoms with Gasteiger partial charge in [0.05, 0.1) is 6.61 Å². The molecule has 0 saturated carbocycles. The lowest BCUT2D eigenvalue weighted by molar-refractivity contribution is -0.325. The third kappa shape index (κ3) is 4.89. The van der Waals surface area contributed by atoms with Crippen LogP contribution in [0.3, 0.4) is 0 Å². The van der Waals surface area contributed by atoms with Crippen molar-refractivity contribution < 1.29 is 22.6 Å². The zero-order valence-corrected chi connectivity index (χ0v) is 12.0. The molecule has 0 amide bonds. The lowest BCUT2D eigenvalue weighted by Gasteiger charge is -2.26. The van der Waals surface area contributed by atoms with E-state index in [0.29, 0.717) is 11.8 Å². The Balaban J connectivity index is 1.94. The summed E-state index contributed by atoms with van der Waals surface area (Å²) in [5.74, 6) is 0.587. The maximum absolute atomic E-state index is 11.9. The topological polar surface area (TPSA) is 30.5 Å². The fraction of sp³-hybridized carbons (Fsp3) is 0.600. The fourth-order valence-corrected chi connectivity index (χ4v) is 2.64. The van der Waals surface area contributed by atoms with Crippen molar-refractivity contribution in [2.24, 2.45) is 0 Å². The average Bonchev–Trinajstić information content (AvgIpc) is 2.43. The Kier molecular flexibility index (Phi) is 5.47. The molecule has 118 valence electrons. The molecule has 0 fully saturated rings. The first-order valence-electron chi connectivity index (χ1n) is 7.19. The summed E-state index contributed by atoms with van der Waals surface area (Å²) in [6.45, 7) is 2.32. The van der Waals surface area contributed by atoms with Gasteiger partial charge in [0.1, 0.15) is 12.4 Å². The van der Waals surface area contributed by atoms with E-state index in [2.05, 4.69) is 17.0 Å². The van der Waals surface area contributed by atoms with Gasteiger partial charge in [-0.15, -0.1) is 13.2 Å². The van der Waals surface area contributed by atoms with Crippen LogP contribution >= 0.6 is 0 Å². The summed E-state index contributed by atoms with van der Waals surface area (Å²) in [5.41, 5.74) is 2.48. The number of hydrogen-bond acceptors (Lipinski definition) is 3. The van der Waals surface area contributed by atoms with Gasteiger partial charge in [-0.05, 0) is 49.1 Å². The maximum atomic E-state index is 11.9. The zero-order valence-electron chi connectivity index (χ0n) is 12.0. The predicted octanol–water partition coefficient (Wildman–Crippen LogP) is 3.59. The molecule has 2 rings (SSSR count). The molecule has 0 aliphatic heterocycles. The number of aryl methyl sites for hydroxylation is 1. The minimum Gasteiger partial charge on any atom is -0.491 e. The summed E-state index contributed by atoms with van der Waals surface area (Å²) in [6.07, 6.45) is -1.35. The molecule has 21 heavy (non-hydrogen) atoms. The fourth-order valence-electron chi connectivity index (χ4n) is 2.64. The second-order valence-electron chi connectivity index (χ2n) is 5.01. The first kappa shape index (κ1) is 16.1. The zero-order chi connectivity index (χ0) is 15.3. The van der Waals surface area contributed by atoms with E-state index < -0.39 is 13.0 Å². The van der Waals surface area contributed by atoms with Gasteiger partial charge < -0.3 is 10.1 Å². The number of hydrogen-bond donors (Lipinski definition) is 1. The van der Waals surface area contributed by atoms with Crippen LogP contribution in [-0.2, 0) is 11.2 Å². The van der Waals surface area contributed by atoms with Crippen LogP contribution in [0, 0.1) is 0 Å². The van der Waals surface area contributed by atoms with Gasteiger partial charge in [-0.1, -0.05) is 13.0 Å². The molecule has 1 aliphatic rings. The van der Waals surface area contributed by atoms with Crippen molar-refractivity contribution in [2.45, 2.75) is 38.6 Å². The SMILES string of the molecule is CCNC1CCCc2ccc(OCCOC(F)(F)F)cc21. The average molecular weight is 303 g/mol. The highest BCUT2D eigenvalue weighted by molar-refractivity contribution is 5.39. The summed E-state index contributed by atoms with van der Waals surface area (Å²) in [5, 5.41) is 3.43. The lowest BCUT2D eigenvalue weighted by atomic mass is 9.87. The van der Waals surface area contributed by atoms with Crippen LogP contribution in [0.1, 0.15) is 36.9 Å². The van der Waals surface area contributed by atoms with E-state index in [0.717, 1.165) is 25.8 Å². The Hall–Kier alpha value is -1.27. The van der Waals surface area contributed by atoms with Gasteiger partial charge >= 0.3 is 6.36 Å². The van der Waals surface area contributed by atoms with Gasteiger partial charge in [-0.25, -0.2) is 0 Å². The largest absolute Gasteiger partial charge is 0.522 e. The van der Waals surface area contributed by atoms with Crippen LogP contribution in [0.25, 0.3) is 0 Å². The van der Waals surface area contributed by atoms with Gasteiger partial charge in [0, 0.05) is 6.04 Å². The van der Waals surface area contributed by atoms with Crippen molar-refractivity contribution in [3.8, 4) is 5.75 Å². The summed E-state index contributed by atoms with van der Waals surface area (Å²) in [4.78, 5) is 0. The normalized spacial score (nSPS) is 18.4. The summed E-state index contributed by atoms with van der Waals surface area (Å²) >= 11 is 0. The van der Waals surface area contributed by atoms with Crippen molar-refractivity contribution in [1.29, 1.82) is 0 Å². The van der Waals surface area contributed by atoms with E-state index in [4.69, 9.17) is 4.74 Å². The first-order chi connectivity index (χ1) is 9.99. The standard InChI is InChI=1S/C15H20F3NO2/c1-2-19-14-5-3-4-11-6-7-12(10-13(11)14)20-8-9-21-15(16,17)18/h6-7,10,14,19H,2-5,8-9H2,1H3. The maximum Gasteiger partial charge on any atom is 0.522 e. The van der Waals surface area contributed by atoms with E-state index in [9.17, 15) is 13.2 Å². The number of ether oxygens (including phenoxy) is 2. The molecule has 0 spiro atoms. The highest BCUT2D eigenvalue weighted by atomic mass is 19.4. The molecule has 6 heteroatoms. The molecule has 0 saturated heterocycles. The second kappa shape index (κ2) is 7.13. The van der Waals surface area contributed by atoms with Crippen LogP contribution in [0.5, 0.6) is 5.75 Å². The highest BCUT2D eigenvalue weighted by Crippen LogP contribution is 2.32. The molecule has 3 nitrogen and oxygen atoms in total. The Bertz CT molecular complexity index is 463. The van der Waals surface area contributed by atoms with E-state index in [1.54, 1.807) is 6.07 Å². The molecule has 1 unspecified atom stereocenters. The minimum atomic E-state index is -4.60. The molecular formula is C15H20F3NO2. The van der Waals surface area contributed by atoms with Gasteiger partial charge in [0.15, 0.2) is 0 Å². The Morgan fingerprint density at radius 2 is 2.10 bits per heavy atom. The van der Waals surface area contributed by atoms with Gasteiger partial charge in [-0.2, -0.15) is 0 Å². The molecule has 1 atom stereocenters. The summed E-state index contributed by atoms with van der Waals surface area (Å²) in [7, 11) is 0. The van der Waals surface area contributed by atoms with Crippen molar-refractivity contribution in [3.63, 3.8) is 0 Å². The molecule has 1 aromatic rings. The highest BCUT2D eigenvalue weighted by Gasteiger charge is 2.28. The van der Waals surface area contributed by atoms with E-state index >= 15 is 0 Å². The van der Waals surface area contributed by atoms with Gasteiger partial charge in [0.25, 0.3) is 0 Å². The molecule has 0 radical (unpaired) electrons. The molecule has 1 N–H and O–H groups in total. The van der Waals surface area contributed by atoms with Crippen LogP contribution in [-0.4, -0.2) is 26.1 Å². The number of halogens is 3. The van der Waals surface area contributed by atoms with Gasteiger partial charge in [-0.3, -0.25) is 4.74 Å². The van der Waals surface area contributed by atoms with Crippen LogP contribution in [0.4, 0.5) is 13.2 Å². The number of benzene rings is 1. The van der Waals surface area contributed by atoms with Crippen molar-refractivity contribution in [3.05, 3.63) is 29.3 Å². The monoisotopic (exact) mass is 303 g/mol. The summed E-state index contributed by atoms with van der Waals surface area (Å²) in [6, 6.07) is 6.03. The molecule has 1 aromatic carbocycles. The van der Waals surface area contributed by atoms with Crippen LogP contribution < -0.4 is 10.1 Å². The molecule has 0 bridgehead atoms. The quantitative estimate of drug-likeness (QED) is 0.815. The number of nitrogens with one attached hydrogen (secondary N) is 1. The van der Waals surface area contributed by atoms with Crippen molar-refractivity contribution >= 4 is 0 Å². The van der Waals surface area contributed by atoms with Crippen molar-refractivity contribution in [1.82, 2.24) is 5.32 Å². The van der Waals surface area contributed by atoms with E-state index in [1.807, 2.05) is 12.1 Å². The number of rotatable bonds is 6. The smallest absolute Gasteiger partial charge is 0.491 e. The number of alkyl halides is 3. The lowest BCUT2D eigenvalue weighted by Crippen LogP contribution is -2.25. The molecule has 0 heterocycles. The Morgan fingerprint density at radius 1 is 1.29 bits per heavy atom. The first-order valence-corrected chi connectivity index (χ1v) is 7.19. The molecular weight excluding hydrogens is 283 g/mol. The molecule has 0 aromatic heterocycles. The van der Waals surface area contributed by atoms with Crippen LogP contribution in [0.15, 0.2) is 18.2 Å². The van der Waals surface area contributed by atoms with Crippen LogP contribution in [0.2, 0.25) is 0 Å². The number of fused-ring (bicyclic) bond motifs is 1. The summed E-state index contributed by atoms with van der Waals surface area (Å²) < 4.78 is 44.6. The third-order valence-electron chi connectivity index (χ3n) is 3.50. The predicted molar refractivity (Wildman–Crippen MR) is 73.3 cm³/mol. The third-order valence-corrected chi connectivity index (χ3v) is 3.50. The Morgan fingerprint density at radius 3 is 2.81 bits per heavy atom. The van der Waals surface area contributed by atoms with E-state index in [1.165, 1.54) is 11.1 Å². The van der Waals surface area contributed by atoms with Gasteiger partial charge in [0.2, 0.25) is 0 Å². The minimum absolute atomic E-state index is 0.121. The Labute approximate surface area is 122 Å². The van der Waals surface area contributed by atoms with Crippen molar-refractivity contribution in [2.75, 3.05) is 19.8 Å².